The first-order valence-corrected chi connectivity index (χ1v) is 20.8. The average molecular weight is 795 g/mol. The van der Waals surface area contributed by atoms with Crippen molar-refractivity contribution in [1.29, 1.82) is 0 Å². The molecule has 0 aliphatic carbocycles. The Bertz CT molecular complexity index is 1740. The van der Waals surface area contributed by atoms with Crippen LogP contribution >= 0.6 is 0 Å². The molecule has 0 bridgehead atoms. The molecule has 0 aliphatic rings. The van der Waals surface area contributed by atoms with Crippen LogP contribution in [0.1, 0.15) is 102 Å². The van der Waals surface area contributed by atoms with E-state index in [1.54, 1.807) is 18.2 Å². The van der Waals surface area contributed by atoms with Gasteiger partial charge in [-0.25, -0.2) is 8.42 Å². The molecule has 0 radical (unpaired) electrons. The SMILES string of the molecule is CCCCCCCCc1ccc(O)cc1Oc1ccc(S(=O)(=O)O)cc1.CCCCCCCCc1ccc([O-])cc1Oc1ccc(S(=O)(=O)[O-])cc1.[Ca+2]. The normalized spacial score (nSPS) is 11.2. The van der Waals surface area contributed by atoms with Crippen molar-refractivity contribution in [2.24, 2.45) is 0 Å². The molecule has 0 heterocycles. The third-order valence-corrected chi connectivity index (χ3v) is 10.1. The van der Waals surface area contributed by atoms with Crippen molar-refractivity contribution < 1.29 is 45.6 Å². The third-order valence-electron chi connectivity index (χ3n) is 8.38. The smallest absolute Gasteiger partial charge is 0.872 e. The fraction of sp³-hybridized carbons (Fsp3) is 0.400. The molecule has 0 aromatic heterocycles. The molecule has 284 valence electrons. The van der Waals surface area contributed by atoms with Gasteiger partial charge in [-0.15, -0.1) is 5.75 Å². The molecule has 53 heavy (non-hydrogen) atoms. The summed E-state index contributed by atoms with van der Waals surface area (Å²) in [5.41, 5.74) is 1.94. The van der Waals surface area contributed by atoms with Crippen molar-refractivity contribution in [1.82, 2.24) is 0 Å². The van der Waals surface area contributed by atoms with Gasteiger partial charge >= 0.3 is 37.7 Å². The van der Waals surface area contributed by atoms with E-state index in [4.69, 9.17) is 14.0 Å². The summed E-state index contributed by atoms with van der Waals surface area (Å²) >= 11 is 0. The standard InChI is InChI=1S/2C20H26O5S.Ca/c2*1-2-3-4-5-6-7-8-16-9-10-17(21)15-20(16)25-18-11-13-19(14-12-18)26(22,23)24;/h2*9-15,21H,2-8H2,1H3,(H,22,23,24);/q;;+2/p-2. The minimum Gasteiger partial charge on any atom is -0.872 e. The number of rotatable bonds is 20. The summed E-state index contributed by atoms with van der Waals surface area (Å²) in [6.07, 6.45) is 15.9. The van der Waals surface area contributed by atoms with Gasteiger partial charge < -0.3 is 24.2 Å². The van der Waals surface area contributed by atoms with Crippen molar-refractivity contribution >= 4 is 58.0 Å². The molecule has 0 aliphatic heterocycles. The van der Waals surface area contributed by atoms with Crippen LogP contribution in [-0.2, 0) is 33.1 Å². The summed E-state index contributed by atoms with van der Waals surface area (Å²) in [6.45, 7) is 4.38. The summed E-state index contributed by atoms with van der Waals surface area (Å²) in [5, 5.41) is 21.4. The van der Waals surface area contributed by atoms with E-state index in [0.29, 0.717) is 23.0 Å². The van der Waals surface area contributed by atoms with Crippen molar-refractivity contribution in [3.63, 3.8) is 0 Å². The molecule has 0 saturated carbocycles. The maximum atomic E-state index is 11.7. The first-order valence-electron chi connectivity index (χ1n) is 17.9. The topological polar surface area (TPSA) is 173 Å². The Labute approximate surface area is 345 Å². The van der Waals surface area contributed by atoms with Gasteiger partial charge in [-0.3, -0.25) is 4.55 Å². The van der Waals surface area contributed by atoms with E-state index in [1.807, 2.05) is 6.07 Å². The van der Waals surface area contributed by atoms with Crippen LogP contribution in [0.25, 0.3) is 0 Å². The van der Waals surface area contributed by atoms with E-state index < -0.39 is 20.2 Å². The van der Waals surface area contributed by atoms with E-state index in [1.165, 1.54) is 112 Å². The molecule has 10 nitrogen and oxygen atoms in total. The second kappa shape index (κ2) is 23.8. The molecule has 2 N–H and O–H groups in total. The number of phenolic OH excluding ortho intramolecular Hbond substituents is 1. The number of hydrogen-bond donors (Lipinski definition) is 2. The van der Waals surface area contributed by atoms with Gasteiger partial charge in [0.25, 0.3) is 10.1 Å². The Balaban J connectivity index is 0.000000360. The fourth-order valence-electron chi connectivity index (χ4n) is 5.48. The van der Waals surface area contributed by atoms with E-state index in [0.717, 1.165) is 49.7 Å². The first kappa shape index (κ1) is 46.3. The van der Waals surface area contributed by atoms with Gasteiger partial charge in [0.05, 0.1) is 9.79 Å². The van der Waals surface area contributed by atoms with Crippen LogP contribution in [0, 0.1) is 0 Å². The minimum atomic E-state index is -4.48. The minimum absolute atomic E-state index is 0. The summed E-state index contributed by atoms with van der Waals surface area (Å²) < 4.78 is 75.7. The molecule has 0 atom stereocenters. The molecule has 4 aromatic carbocycles. The molecular formula is C40H50CaO10S2. The molecule has 13 heteroatoms. The fourth-order valence-corrected chi connectivity index (χ4v) is 6.43. The molecule has 0 spiro atoms. The largest absolute Gasteiger partial charge is 2.00 e. The predicted molar refractivity (Wildman–Crippen MR) is 205 cm³/mol. The molecular weight excluding hydrogens is 745 g/mol. The summed E-state index contributed by atoms with van der Waals surface area (Å²) in [4.78, 5) is -0.497. The van der Waals surface area contributed by atoms with Gasteiger partial charge in [0, 0.05) is 6.07 Å². The summed E-state index contributed by atoms with van der Waals surface area (Å²) in [6, 6.07) is 20.5. The van der Waals surface area contributed by atoms with Crippen LogP contribution < -0.4 is 14.6 Å². The number of aryl methyl sites for hydroxylation is 2. The number of aromatic hydroxyl groups is 1. The quantitative estimate of drug-likeness (QED) is 0.0499. The van der Waals surface area contributed by atoms with Gasteiger partial charge in [-0.2, -0.15) is 8.42 Å². The Morgan fingerprint density at radius 2 is 0.981 bits per heavy atom. The maximum absolute atomic E-state index is 11.7. The third kappa shape index (κ3) is 17.4. The Kier molecular flexibility index (Phi) is 20.8. The summed E-state index contributed by atoms with van der Waals surface area (Å²) in [5.74, 6) is 1.81. The summed E-state index contributed by atoms with van der Waals surface area (Å²) in [7, 11) is -8.71. The van der Waals surface area contributed by atoms with Crippen LogP contribution in [-0.4, -0.2) is 68.8 Å². The zero-order valence-electron chi connectivity index (χ0n) is 30.7. The van der Waals surface area contributed by atoms with Gasteiger partial charge in [-0.05, 0) is 97.5 Å². The van der Waals surface area contributed by atoms with E-state index in [9.17, 15) is 31.6 Å². The van der Waals surface area contributed by atoms with Crippen molar-refractivity contribution in [2.45, 2.75) is 114 Å². The maximum Gasteiger partial charge on any atom is 2.00 e. The number of unbranched alkanes of at least 4 members (excludes halogenated alkanes) is 10. The second-order valence-electron chi connectivity index (χ2n) is 12.7. The predicted octanol–water partition coefficient (Wildman–Crippen LogP) is 9.31. The van der Waals surface area contributed by atoms with E-state index in [-0.39, 0.29) is 59.0 Å². The van der Waals surface area contributed by atoms with Crippen LogP contribution in [0.4, 0.5) is 0 Å². The van der Waals surface area contributed by atoms with Crippen LogP contribution in [0.5, 0.6) is 34.5 Å². The van der Waals surface area contributed by atoms with Crippen LogP contribution in [0.15, 0.2) is 94.7 Å². The van der Waals surface area contributed by atoms with Crippen molar-refractivity contribution in [2.75, 3.05) is 0 Å². The number of benzene rings is 4. The van der Waals surface area contributed by atoms with E-state index >= 15 is 0 Å². The van der Waals surface area contributed by atoms with E-state index in [2.05, 4.69) is 13.8 Å². The average Bonchev–Trinajstić information content (AvgIpc) is 3.09. The zero-order chi connectivity index (χ0) is 38.0. The van der Waals surface area contributed by atoms with Gasteiger partial charge in [-0.1, -0.05) is 96.3 Å². The van der Waals surface area contributed by atoms with Crippen LogP contribution in [0.3, 0.4) is 0 Å². The van der Waals surface area contributed by atoms with Gasteiger partial charge in [0.2, 0.25) is 0 Å². The molecule has 0 fully saturated rings. The first-order chi connectivity index (χ1) is 24.8. The van der Waals surface area contributed by atoms with Crippen molar-refractivity contribution in [3.8, 4) is 34.5 Å². The molecule has 0 saturated heterocycles. The molecule has 0 unspecified atom stereocenters. The second-order valence-corrected chi connectivity index (χ2v) is 15.5. The Morgan fingerprint density at radius 1 is 0.566 bits per heavy atom. The molecule has 4 aromatic rings. The monoisotopic (exact) mass is 794 g/mol. The number of ether oxygens (including phenoxy) is 2. The zero-order valence-corrected chi connectivity index (χ0v) is 34.5. The number of phenols is 1. The van der Waals surface area contributed by atoms with Crippen molar-refractivity contribution in [3.05, 3.63) is 96.1 Å². The van der Waals surface area contributed by atoms with Gasteiger partial charge in [0.1, 0.15) is 38.9 Å². The van der Waals surface area contributed by atoms with Gasteiger partial charge in [0.15, 0.2) is 0 Å². The van der Waals surface area contributed by atoms with Crippen LogP contribution in [0.2, 0.25) is 0 Å². The Morgan fingerprint density at radius 3 is 1.43 bits per heavy atom. The molecule has 4 rings (SSSR count). The molecule has 0 amide bonds. The number of hydrogen-bond acceptors (Lipinski definition) is 9. The Hall–Kier alpha value is -2.84.